The second-order valence-corrected chi connectivity index (χ2v) is 23.2. The molecule has 0 aromatic heterocycles. The molecule has 0 saturated carbocycles. The van der Waals surface area contributed by atoms with Gasteiger partial charge < -0.3 is 72.7 Å². The lowest BCUT2D eigenvalue weighted by molar-refractivity contribution is -0.195. The minimum Gasteiger partial charge on any atom is -0.497 e. The maximum Gasteiger partial charge on any atom is 0.342 e. The quantitative estimate of drug-likeness (QED) is 0.122. The fourth-order valence-corrected chi connectivity index (χ4v) is 13.9. The van der Waals surface area contributed by atoms with E-state index in [4.69, 9.17) is 47.4 Å². The van der Waals surface area contributed by atoms with Crippen LogP contribution in [0.5, 0.6) is 23.0 Å². The zero-order valence-electron chi connectivity index (χ0n) is 45.5. The second kappa shape index (κ2) is 20.5. The van der Waals surface area contributed by atoms with E-state index in [9.17, 15) is 39.6 Å². The Hall–Kier alpha value is -6.13. The number of nitrogens with zero attached hydrogens (tertiary/aromatic N) is 2. The van der Waals surface area contributed by atoms with E-state index < -0.39 is 100 Å². The summed E-state index contributed by atoms with van der Waals surface area (Å²) in [7, 11) is 5.11. The van der Waals surface area contributed by atoms with Crippen LogP contribution in [-0.2, 0) is 65.2 Å². The molecular formula is C57H72N2O19. The summed E-state index contributed by atoms with van der Waals surface area (Å²) in [5, 5.41) is 46.0. The van der Waals surface area contributed by atoms with Gasteiger partial charge in [-0.3, -0.25) is 14.5 Å². The zero-order chi connectivity index (χ0) is 55.9. The molecule has 2 saturated heterocycles. The summed E-state index contributed by atoms with van der Waals surface area (Å²) in [4.78, 5) is 75.1. The molecule has 10 rings (SSSR count). The molecule has 0 bridgehead atoms. The molecule has 2 fully saturated rings. The fourth-order valence-electron chi connectivity index (χ4n) is 13.9. The van der Waals surface area contributed by atoms with Crippen LogP contribution in [0.4, 0.5) is 0 Å². The minimum absolute atomic E-state index is 0.0119. The van der Waals surface area contributed by atoms with Crippen LogP contribution in [0.25, 0.3) is 0 Å². The highest BCUT2D eigenvalue weighted by Crippen LogP contribution is 2.62. The first-order chi connectivity index (χ1) is 37.0. The predicted octanol–water partition coefficient (Wildman–Crippen LogP) is 3.76. The zero-order valence-corrected chi connectivity index (χ0v) is 45.5. The largest absolute Gasteiger partial charge is 0.497 e. The van der Waals surface area contributed by atoms with Gasteiger partial charge in [0.1, 0.15) is 11.5 Å². The lowest BCUT2D eigenvalue weighted by Gasteiger charge is -2.42. The third-order valence-electron chi connectivity index (χ3n) is 17.8. The maximum atomic E-state index is 15.8. The molecule has 0 unspecified atom stereocenters. The SMILES string of the molecule is COC(=O)C[C@](O)(CCCC(C)(C)O)C(=O)O[C@@H]1C(OC)=C[C@]23CC[C@@H]([C@@H]4C[C@]56C=C(OC)[C@@H](OC(=O)[C@@](O)(CCC(C)C)[C@H](O)C(=O)OC)[C@H]5c5cc7c(cc5CCN6C4=O)OCO7)N2CCc2cc4c(cc2[C@H]13)OCO4. The van der Waals surface area contributed by atoms with Crippen molar-refractivity contribution >= 4 is 29.8 Å². The third kappa shape index (κ3) is 9.19. The Kier molecular flexibility index (Phi) is 14.5. The summed E-state index contributed by atoms with van der Waals surface area (Å²) in [6.45, 7) is 7.65. The number of rotatable bonds is 18. The van der Waals surface area contributed by atoms with Gasteiger partial charge in [-0.15, -0.1) is 0 Å². The number of carbonyl (C=O) groups excluding carboxylic acids is 5. The summed E-state index contributed by atoms with van der Waals surface area (Å²) in [5.41, 5.74) is -5.15. The molecule has 0 radical (unpaired) electrons. The van der Waals surface area contributed by atoms with Crippen molar-refractivity contribution in [2.24, 2.45) is 11.8 Å². The molecule has 2 aromatic carbocycles. The Morgan fingerprint density at radius 1 is 0.744 bits per heavy atom. The molecule has 2 aliphatic carbocycles. The standard InChI is InChI=1S/C57H72N2O19/c1-30(2)10-17-57(68,48(61)50(63)72-8)52(65)78-47-42(70-6)26-55-24-35(49(62)59(55)19-13-32-21-38-40(76-29-74-38)23-34(32)45(47)55)36-11-16-54-25-41(69-5)46(77-51(64)56(67,27-43(60)71-7)15-9-14-53(3,4)66)44(54)33-22-39-37(73-28-75-39)20-31(33)12-18-58(36)54/h20-23,25-26,30,35-36,44-48,61,66-68H,9-19,24,27-29H2,1-8H3/t35-,36-,44+,45+,46+,47+,48+,54-,55-,56+,57+/m0/s1. The van der Waals surface area contributed by atoms with Crippen LogP contribution in [0.1, 0.15) is 120 Å². The van der Waals surface area contributed by atoms with E-state index in [0.29, 0.717) is 66.5 Å². The Bertz CT molecular complexity index is 2810. The summed E-state index contributed by atoms with van der Waals surface area (Å²) in [6, 6.07) is 7.11. The highest BCUT2D eigenvalue weighted by Gasteiger charge is 2.68. The Balaban J connectivity index is 1.04. The van der Waals surface area contributed by atoms with Crippen molar-refractivity contribution in [3.8, 4) is 23.0 Å². The average Bonchev–Trinajstić information content (AvgIpc) is 4.12. The molecule has 424 valence electrons. The third-order valence-corrected chi connectivity index (χ3v) is 17.8. The number of carbonyl (C=O) groups is 5. The van der Waals surface area contributed by atoms with Gasteiger partial charge in [0, 0.05) is 19.1 Å². The van der Waals surface area contributed by atoms with Crippen molar-refractivity contribution in [2.75, 3.05) is 55.1 Å². The average molecular weight is 1090 g/mol. The van der Waals surface area contributed by atoms with Crippen LogP contribution in [0.3, 0.4) is 0 Å². The number of aliphatic hydroxyl groups excluding tert-OH is 1. The normalized spacial score (nSPS) is 29.2. The van der Waals surface area contributed by atoms with Crippen LogP contribution in [0, 0.1) is 11.8 Å². The van der Waals surface area contributed by atoms with Crippen molar-refractivity contribution in [3.63, 3.8) is 0 Å². The predicted molar refractivity (Wildman–Crippen MR) is 272 cm³/mol. The molecule has 78 heavy (non-hydrogen) atoms. The number of esters is 4. The molecular weight excluding hydrogens is 1020 g/mol. The Labute approximate surface area is 452 Å². The van der Waals surface area contributed by atoms with E-state index in [1.807, 2.05) is 55.2 Å². The number of fused-ring (bicyclic) bond motifs is 6. The topological polar surface area (TPSA) is 265 Å². The van der Waals surface area contributed by atoms with Gasteiger partial charge in [-0.25, -0.2) is 14.4 Å². The highest BCUT2D eigenvalue weighted by atomic mass is 16.7. The number of amides is 1. The Morgan fingerprint density at radius 3 is 1.85 bits per heavy atom. The van der Waals surface area contributed by atoms with E-state index in [-0.39, 0.29) is 76.2 Å². The first-order valence-corrected chi connectivity index (χ1v) is 26.9. The summed E-state index contributed by atoms with van der Waals surface area (Å²) in [6.07, 6.45) is 0.537. The van der Waals surface area contributed by atoms with E-state index in [0.717, 1.165) is 30.9 Å². The monoisotopic (exact) mass is 1090 g/mol. The van der Waals surface area contributed by atoms with Crippen LogP contribution in [0.2, 0.25) is 0 Å². The van der Waals surface area contributed by atoms with Crippen LogP contribution >= 0.6 is 0 Å². The van der Waals surface area contributed by atoms with Gasteiger partial charge in [0.25, 0.3) is 0 Å². The highest BCUT2D eigenvalue weighted by molar-refractivity contribution is 5.90. The number of benzene rings is 2. The van der Waals surface area contributed by atoms with Gasteiger partial charge in [0.2, 0.25) is 19.5 Å². The molecule has 6 aliphatic heterocycles. The summed E-state index contributed by atoms with van der Waals surface area (Å²) >= 11 is 0. The van der Waals surface area contributed by atoms with Crippen LogP contribution in [-0.4, -0.2) is 167 Å². The van der Waals surface area contributed by atoms with Gasteiger partial charge in [0.05, 0.1) is 69.3 Å². The molecule has 8 aliphatic rings. The molecule has 11 atom stereocenters. The van der Waals surface area contributed by atoms with E-state index in [1.165, 1.54) is 14.2 Å². The lowest BCUT2D eigenvalue weighted by Crippen LogP contribution is -2.56. The molecule has 21 heteroatoms. The van der Waals surface area contributed by atoms with Gasteiger partial charge in [-0.1, -0.05) is 13.8 Å². The smallest absolute Gasteiger partial charge is 0.342 e. The first-order valence-electron chi connectivity index (χ1n) is 26.9. The molecule has 6 heterocycles. The first kappa shape index (κ1) is 55.2. The van der Waals surface area contributed by atoms with Gasteiger partial charge in [-0.2, -0.15) is 0 Å². The van der Waals surface area contributed by atoms with Crippen molar-refractivity contribution in [2.45, 2.75) is 162 Å². The van der Waals surface area contributed by atoms with Crippen molar-refractivity contribution in [3.05, 3.63) is 70.2 Å². The molecule has 1 amide bonds. The van der Waals surface area contributed by atoms with E-state index >= 15 is 4.79 Å². The molecule has 21 nitrogen and oxygen atoms in total. The van der Waals surface area contributed by atoms with Crippen LogP contribution in [0.15, 0.2) is 47.9 Å². The van der Waals surface area contributed by atoms with Crippen molar-refractivity contribution in [1.82, 2.24) is 9.80 Å². The maximum absolute atomic E-state index is 15.8. The number of aliphatic hydroxyl groups is 4. The summed E-state index contributed by atoms with van der Waals surface area (Å²) in [5.74, 6) is -4.29. The number of ether oxygens (including phenoxy) is 10. The Morgan fingerprint density at radius 2 is 1.29 bits per heavy atom. The van der Waals surface area contributed by atoms with Crippen molar-refractivity contribution in [1.29, 1.82) is 0 Å². The molecule has 4 N–H and O–H groups in total. The van der Waals surface area contributed by atoms with Gasteiger partial charge >= 0.3 is 23.9 Å². The number of methoxy groups -OCH3 is 4. The van der Waals surface area contributed by atoms with Crippen LogP contribution < -0.4 is 18.9 Å². The fraction of sp³-hybridized carbons (Fsp3) is 0.632. The van der Waals surface area contributed by atoms with E-state index in [2.05, 4.69) is 4.90 Å². The molecule has 2 spiro atoms. The minimum atomic E-state index is -2.72. The second-order valence-electron chi connectivity index (χ2n) is 23.2. The van der Waals surface area contributed by atoms with Gasteiger partial charge in [-0.05, 0) is 143 Å². The number of hydrogen-bond donors (Lipinski definition) is 4. The van der Waals surface area contributed by atoms with Crippen molar-refractivity contribution < 1.29 is 91.8 Å². The summed E-state index contributed by atoms with van der Waals surface area (Å²) < 4.78 is 58.4. The molecule has 2 aromatic rings. The number of hydrogen-bond acceptors (Lipinski definition) is 20. The van der Waals surface area contributed by atoms with Gasteiger partial charge in [0.15, 0.2) is 52.5 Å². The lowest BCUT2D eigenvalue weighted by atomic mass is 9.75. The van der Waals surface area contributed by atoms with E-state index in [1.54, 1.807) is 13.8 Å².